The topological polar surface area (TPSA) is 64.3 Å². The van der Waals surface area contributed by atoms with Crippen LogP contribution in [0, 0.1) is 5.92 Å². The van der Waals surface area contributed by atoms with Crippen molar-refractivity contribution in [3.05, 3.63) is 24.3 Å². The van der Waals surface area contributed by atoms with Gasteiger partial charge in [-0.05, 0) is 45.2 Å². The van der Waals surface area contributed by atoms with Crippen molar-refractivity contribution in [2.75, 3.05) is 5.32 Å². The predicted molar refractivity (Wildman–Crippen MR) is 80.8 cm³/mol. The smallest absolute Gasteiger partial charge is 0.227 e. The first-order valence-electron chi connectivity index (χ1n) is 7.38. The number of hydrogen-bond donors (Lipinski definition) is 2. The first-order valence-corrected chi connectivity index (χ1v) is 7.38. The Morgan fingerprint density at radius 1 is 1.35 bits per heavy atom. The van der Waals surface area contributed by atoms with Gasteiger partial charge in [-0.25, -0.2) is 0 Å². The van der Waals surface area contributed by atoms with Crippen molar-refractivity contribution in [3.8, 4) is 5.75 Å². The van der Waals surface area contributed by atoms with Gasteiger partial charge in [0.1, 0.15) is 5.75 Å². The van der Waals surface area contributed by atoms with Crippen LogP contribution in [0.5, 0.6) is 5.75 Å². The third-order valence-electron chi connectivity index (χ3n) is 3.59. The molecule has 110 valence electrons. The van der Waals surface area contributed by atoms with Gasteiger partial charge in [0, 0.05) is 12.0 Å². The van der Waals surface area contributed by atoms with Crippen molar-refractivity contribution in [1.29, 1.82) is 0 Å². The Kier molecular flexibility index (Phi) is 5.01. The fraction of sp³-hybridized carbons (Fsp3) is 0.562. The van der Waals surface area contributed by atoms with Crippen LogP contribution in [-0.2, 0) is 4.79 Å². The summed E-state index contributed by atoms with van der Waals surface area (Å²) in [7, 11) is 0. The molecule has 1 amide bonds. The van der Waals surface area contributed by atoms with E-state index in [1.807, 2.05) is 38.1 Å². The quantitative estimate of drug-likeness (QED) is 0.888. The highest BCUT2D eigenvalue weighted by molar-refractivity contribution is 5.94. The van der Waals surface area contributed by atoms with Crippen LogP contribution in [0.1, 0.15) is 39.5 Å². The second-order valence-electron chi connectivity index (χ2n) is 5.78. The van der Waals surface area contributed by atoms with E-state index in [1.165, 1.54) is 0 Å². The maximum Gasteiger partial charge on any atom is 0.227 e. The van der Waals surface area contributed by atoms with Crippen molar-refractivity contribution in [3.63, 3.8) is 0 Å². The Morgan fingerprint density at radius 2 is 2.10 bits per heavy atom. The standard InChI is InChI=1S/C16H24N2O2/c1-11(2)20-15-9-4-3-8-14(15)18-16(19)12-6-5-7-13(17)10-12/h3-4,8-9,11-13H,5-7,10,17H2,1-2H3,(H,18,19). The zero-order valence-corrected chi connectivity index (χ0v) is 12.3. The van der Waals surface area contributed by atoms with Crippen molar-refractivity contribution >= 4 is 11.6 Å². The molecule has 0 heterocycles. The normalized spacial score (nSPS) is 22.6. The molecule has 0 aliphatic heterocycles. The van der Waals surface area contributed by atoms with Crippen molar-refractivity contribution in [2.24, 2.45) is 11.7 Å². The van der Waals surface area contributed by atoms with Gasteiger partial charge in [0.25, 0.3) is 0 Å². The number of carbonyl (C=O) groups is 1. The van der Waals surface area contributed by atoms with E-state index < -0.39 is 0 Å². The third-order valence-corrected chi connectivity index (χ3v) is 3.59. The SMILES string of the molecule is CC(C)Oc1ccccc1NC(=O)C1CCCC(N)C1. The molecule has 0 radical (unpaired) electrons. The van der Waals surface area contributed by atoms with E-state index in [9.17, 15) is 4.79 Å². The largest absolute Gasteiger partial charge is 0.489 e. The van der Waals surface area contributed by atoms with Gasteiger partial charge in [0.2, 0.25) is 5.91 Å². The average Bonchev–Trinajstić information content (AvgIpc) is 2.40. The molecule has 2 atom stereocenters. The molecule has 2 rings (SSSR count). The van der Waals surface area contributed by atoms with E-state index >= 15 is 0 Å². The fourth-order valence-corrected chi connectivity index (χ4v) is 2.63. The minimum Gasteiger partial charge on any atom is -0.489 e. The number of carbonyl (C=O) groups excluding carboxylic acids is 1. The number of nitrogens with one attached hydrogen (secondary N) is 1. The summed E-state index contributed by atoms with van der Waals surface area (Å²) >= 11 is 0. The Bertz CT molecular complexity index is 460. The van der Waals surface area contributed by atoms with Crippen LogP contribution in [-0.4, -0.2) is 18.1 Å². The van der Waals surface area contributed by atoms with E-state index in [4.69, 9.17) is 10.5 Å². The highest BCUT2D eigenvalue weighted by Crippen LogP contribution is 2.28. The highest BCUT2D eigenvalue weighted by atomic mass is 16.5. The first-order chi connectivity index (χ1) is 9.56. The van der Waals surface area contributed by atoms with Gasteiger partial charge in [-0.2, -0.15) is 0 Å². The zero-order valence-electron chi connectivity index (χ0n) is 12.3. The number of para-hydroxylation sites is 2. The lowest BCUT2D eigenvalue weighted by atomic mass is 9.85. The molecule has 1 aliphatic carbocycles. The van der Waals surface area contributed by atoms with Gasteiger partial charge in [0.15, 0.2) is 0 Å². The van der Waals surface area contributed by atoms with Gasteiger partial charge in [-0.1, -0.05) is 18.6 Å². The number of hydrogen-bond acceptors (Lipinski definition) is 3. The van der Waals surface area contributed by atoms with Crippen LogP contribution < -0.4 is 15.8 Å². The molecule has 1 saturated carbocycles. The van der Waals surface area contributed by atoms with Crippen LogP contribution >= 0.6 is 0 Å². The number of ether oxygens (including phenoxy) is 1. The van der Waals surface area contributed by atoms with E-state index in [2.05, 4.69) is 5.32 Å². The summed E-state index contributed by atoms with van der Waals surface area (Å²) in [6.45, 7) is 3.94. The van der Waals surface area contributed by atoms with Gasteiger partial charge in [-0.3, -0.25) is 4.79 Å². The molecular formula is C16H24N2O2. The van der Waals surface area contributed by atoms with Gasteiger partial charge in [0.05, 0.1) is 11.8 Å². The van der Waals surface area contributed by atoms with Crippen LogP contribution in [0.2, 0.25) is 0 Å². The Hall–Kier alpha value is -1.55. The van der Waals surface area contributed by atoms with Crippen LogP contribution in [0.3, 0.4) is 0 Å². The van der Waals surface area contributed by atoms with Crippen molar-refractivity contribution < 1.29 is 9.53 Å². The van der Waals surface area contributed by atoms with E-state index in [-0.39, 0.29) is 24.0 Å². The summed E-state index contributed by atoms with van der Waals surface area (Å²) in [6, 6.07) is 7.71. The molecule has 0 bridgehead atoms. The number of benzene rings is 1. The molecule has 1 fully saturated rings. The highest BCUT2D eigenvalue weighted by Gasteiger charge is 2.25. The number of rotatable bonds is 4. The minimum absolute atomic E-state index is 0.0193. The summed E-state index contributed by atoms with van der Waals surface area (Å²) in [5.41, 5.74) is 6.69. The monoisotopic (exact) mass is 276 g/mol. The zero-order chi connectivity index (χ0) is 14.5. The van der Waals surface area contributed by atoms with Gasteiger partial charge in [-0.15, -0.1) is 0 Å². The first kappa shape index (κ1) is 14.9. The third kappa shape index (κ3) is 3.97. The fourth-order valence-electron chi connectivity index (χ4n) is 2.63. The summed E-state index contributed by atoms with van der Waals surface area (Å²) in [5, 5.41) is 2.99. The number of amides is 1. The van der Waals surface area contributed by atoms with E-state index in [0.29, 0.717) is 0 Å². The van der Waals surface area contributed by atoms with Gasteiger partial charge < -0.3 is 15.8 Å². The molecule has 3 N–H and O–H groups in total. The number of nitrogens with two attached hydrogens (primary N) is 1. The summed E-state index contributed by atoms with van der Waals surface area (Å²) in [4.78, 5) is 12.3. The Labute approximate surface area is 120 Å². The molecule has 1 aromatic rings. The van der Waals surface area contributed by atoms with Gasteiger partial charge >= 0.3 is 0 Å². The number of anilines is 1. The molecule has 0 spiro atoms. The predicted octanol–water partition coefficient (Wildman–Crippen LogP) is 2.93. The average molecular weight is 276 g/mol. The summed E-state index contributed by atoms with van der Waals surface area (Å²) < 4.78 is 5.72. The second-order valence-corrected chi connectivity index (χ2v) is 5.78. The summed E-state index contributed by atoms with van der Waals surface area (Å²) in [6.07, 6.45) is 3.84. The van der Waals surface area contributed by atoms with Crippen molar-refractivity contribution in [2.45, 2.75) is 51.7 Å². The molecule has 2 unspecified atom stereocenters. The van der Waals surface area contributed by atoms with Crippen LogP contribution in [0.15, 0.2) is 24.3 Å². The lowest BCUT2D eigenvalue weighted by Gasteiger charge is -2.26. The lowest BCUT2D eigenvalue weighted by Crippen LogP contribution is -2.34. The Morgan fingerprint density at radius 3 is 2.80 bits per heavy atom. The molecule has 4 heteroatoms. The molecule has 0 aromatic heterocycles. The van der Waals surface area contributed by atoms with E-state index in [0.717, 1.165) is 37.1 Å². The molecule has 0 saturated heterocycles. The molecule has 4 nitrogen and oxygen atoms in total. The minimum atomic E-state index is 0.0193. The lowest BCUT2D eigenvalue weighted by molar-refractivity contribution is -0.120. The summed E-state index contributed by atoms with van der Waals surface area (Å²) in [5.74, 6) is 0.793. The second kappa shape index (κ2) is 6.75. The maximum absolute atomic E-state index is 12.3. The Balaban J connectivity index is 2.03. The van der Waals surface area contributed by atoms with Crippen LogP contribution in [0.25, 0.3) is 0 Å². The maximum atomic E-state index is 12.3. The molecular weight excluding hydrogens is 252 g/mol. The molecule has 1 aromatic carbocycles. The molecule has 1 aliphatic rings. The van der Waals surface area contributed by atoms with Crippen molar-refractivity contribution in [1.82, 2.24) is 0 Å². The van der Waals surface area contributed by atoms with E-state index in [1.54, 1.807) is 0 Å². The van der Waals surface area contributed by atoms with Crippen LogP contribution in [0.4, 0.5) is 5.69 Å². The molecule has 20 heavy (non-hydrogen) atoms.